The molecule has 2 aromatic rings. The highest BCUT2D eigenvalue weighted by atomic mass is 32.2. The van der Waals surface area contributed by atoms with E-state index >= 15 is 0 Å². The second-order valence-corrected chi connectivity index (χ2v) is 7.34. The van der Waals surface area contributed by atoms with Crippen LogP contribution in [0.25, 0.3) is 0 Å². The van der Waals surface area contributed by atoms with Crippen molar-refractivity contribution in [2.75, 3.05) is 5.75 Å². The van der Waals surface area contributed by atoms with Gasteiger partial charge in [-0.1, -0.05) is 18.2 Å². The van der Waals surface area contributed by atoms with E-state index in [9.17, 15) is 13.5 Å². The van der Waals surface area contributed by atoms with Crippen molar-refractivity contribution in [3.63, 3.8) is 0 Å². The summed E-state index contributed by atoms with van der Waals surface area (Å²) in [5.74, 6) is 0.606. The molecule has 0 fully saturated rings. The molecule has 7 heteroatoms. The van der Waals surface area contributed by atoms with Crippen molar-refractivity contribution in [1.29, 1.82) is 0 Å². The SMILES string of the molecule is CCn1ncnc1CC1(O)CCS(=O)(=O)c2ccccc21. The minimum atomic E-state index is -3.31. The summed E-state index contributed by atoms with van der Waals surface area (Å²) >= 11 is 0. The molecule has 0 saturated heterocycles. The van der Waals surface area contributed by atoms with Gasteiger partial charge in [-0.25, -0.2) is 13.4 Å². The fraction of sp³-hybridized carbons (Fsp3) is 0.429. The lowest BCUT2D eigenvalue weighted by molar-refractivity contribution is 0.0253. The predicted molar refractivity (Wildman–Crippen MR) is 76.4 cm³/mol. The van der Waals surface area contributed by atoms with Gasteiger partial charge in [0, 0.05) is 18.5 Å². The van der Waals surface area contributed by atoms with Crippen LogP contribution in [0.3, 0.4) is 0 Å². The number of sulfone groups is 1. The minimum Gasteiger partial charge on any atom is -0.385 e. The average molecular weight is 307 g/mol. The third kappa shape index (κ3) is 2.36. The number of hydrogen-bond donors (Lipinski definition) is 1. The molecule has 0 spiro atoms. The Hall–Kier alpha value is -1.73. The fourth-order valence-corrected chi connectivity index (χ4v) is 4.51. The summed E-state index contributed by atoms with van der Waals surface area (Å²) in [5, 5.41) is 15.1. The van der Waals surface area contributed by atoms with E-state index in [1.54, 1.807) is 28.9 Å². The number of aryl methyl sites for hydroxylation is 1. The lowest BCUT2D eigenvalue weighted by Crippen LogP contribution is -2.38. The molecule has 0 radical (unpaired) electrons. The highest BCUT2D eigenvalue weighted by Crippen LogP contribution is 2.38. The Morgan fingerprint density at radius 2 is 2.14 bits per heavy atom. The fourth-order valence-electron chi connectivity index (χ4n) is 2.80. The van der Waals surface area contributed by atoms with Crippen LogP contribution in [-0.4, -0.2) is 34.0 Å². The summed E-state index contributed by atoms with van der Waals surface area (Å²) in [6.45, 7) is 2.60. The van der Waals surface area contributed by atoms with Crippen LogP contribution in [-0.2, 0) is 28.4 Å². The highest BCUT2D eigenvalue weighted by Gasteiger charge is 2.41. The number of fused-ring (bicyclic) bond motifs is 1. The van der Waals surface area contributed by atoms with E-state index in [4.69, 9.17) is 0 Å². The maximum absolute atomic E-state index is 12.1. The summed E-state index contributed by atoms with van der Waals surface area (Å²) in [4.78, 5) is 4.40. The quantitative estimate of drug-likeness (QED) is 0.911. The third-order valence-electron chi connectivity index (χ3n) is 3.95. The maximum Gasteiger partial charge on any atom is 0.178 e. The van der Waals surface area contributed by atoms with E-state index < -0.39 is 15.4 Å². The van der Waals surface area contributed by atoms with Gasteiger partial charge in [0.1, 0.15) is 12.2 Å². The van der Waals surface area contributed by atoms with Crippen LogP contribution >= 0.6 is 0 Å². The van der Waals surface area contributed by atoms with Gasteiger partial charge in [0.05, 0.1) is 16.2 Å². The highest BCUT2D eigenvalue weighted by molar-refractivity contribution is 7.91. The first-order chi connectivity index (χ1) is 9.96. The zero-order valence-corrected chi connectivity index (χ0v) is 12.5. The minimum absolute atomic E-state index is 0.0548. The largest absolute Gasteiger partial charge is 0.385 e. The van der Waals surface area contributed by atoms with Gasteiger partial charge in [-0.15, -0.1) is 0 Å². The number of rotatable bonds is 3. The summed E-state index contributed by atoms with van der Waals surface area (Å²) in [7, 11) is -3.31. The second kappa shape index (κ2) is 4.92. The predicted octanol–water partition coefficient (Wildman–Crippen LogP) is 0.906. The normalized spacial score (nSPS) is 23.7. The summed E-state index contributed by atoms with van der Waals surface area (Å²) in [5.41, 5.74) is -0.760. The van der Waals surface area contributed by atoms with Crippen LogP contribution in [0.15, 0.2) is 35.5 Å². The molecule has 2 heterocycles. The van der Waals surface area contributed by atoms with Gasteiger partial charge in [0.25, 0.3) is 0 Å². The summed E-state index contributed by atoms with van der Waals surface area (Å²) in [6, 6.07) is 6.66. The number of aliphatic hydroxyl groups is 1. The van der Waals surface area contributed by atoms with Crippen molar-refractivity contribution in [3.05, 3.63) is 42.0 Å². The zero-order chi connectivity index (χ0) is 15.1. The van der Waals surface area contributed by atoms with Crippen LogP contribution in [0.2, 0.25) is 0 Å². The molecule has 1 atom stereocenters. The molecule has 112 valence electrons. The molecular weight excluding hydrogens is 290 g/mol. The molecule has 1 aromatic carbocycles. The molecule has 3 rings (SSSR count). The lowest BCUT2D eigenvalue weighted by Gasteiger charge is -2.33. The Morgan fingerprint density at radius 3 is 2.90 bits per heavy atom. The Morgan fingerprint density at radius 1 is 1.38 bits per heavy atom. The van der Waals surface area contributed by atoms with E-state index in [-0.39, 0.29) is 23.5 Å². The first kappa shape index (κ1) is 14.2. The average Bonchev–Trinajstić information content (AvgIpc) is 2.91. The van der Waals surface area contributed by atoms with E-state index in [1.807, 2.05) is 6.92 Å². The Labute approximate surface area is 123 Å². The smallest absolute Gasteiger partial charge is 0.178 e. The van der Waals surface area contributed by atoms with Gasteiger partial charge < -0.3 is 5.11 Å². The molecule has 0 saturated carbocycles. The van der Waals surface area contributed by atoms with Crippen LogP contribution < -0.4 is 0 Å². The number of benzene rings is 1. The zero-order valence-electron chi connectivity index (χ0n) is 11.7. The van der Waals surface area contributed by atoms with Crippen LogP contribution in [0.5, 0.6) is 0 Å². The standard InChI is InChI=1S/C14H17N3O3S/c1-2-17-13(15-10-16-17)9-14(18)7-8-21(19,20)12-6-4-3-5-11(12)14/h3-6,10,18H,2,7-9H2,1H3. The number of hydrogen-bond acceptors (Lipinski definition) is 5. The van der Waals surface area contributed by atoms with Gasteiger partial charge >= 0.3 is 0 Å². The molecule has 0 amide bonds. The third-order valence-corrected chi connectivity index (χ3v) is 5.72. The molecule has 0 aliphatic carbocycles. The van der Waals surface area contributed by atoms with E-state index in [0.29, 0.717) is 17.9 Å². The van der Waals surface area contributed by atoms with Crippen molar-refractivity contribution in [2.24, 2.45) is 0 Å². The lowest BCUT2D eigenvalue weighted by atomic mass is 9.87. The molecule has 1 aliphatic rings. The molecular formula is C14H17N3O3S. The molecule has 0 bridgehead atoms. The van der Waals surface area contributed by atoms with Crippen LogP contribution in [0.4, 0.5) is 0 Å². The van der Waals surface area contributed by atoms with Crippen LogP contribution in [0, 0.1) is 0 Å². The molecule has 6 nitrogen and oxygen atoms in total. The van der Waals surface area contributed by atoms with Gasteiger partial charge in [0.15, 0.2) is 9.84 Å². The van der Waals surface area contributed by atoms with E-state index in [0.717, 1.165) is 0 Å². The molecule has 1 unspecified atom stereocenters. The first-order valence-electron chi connectivity index (χ1n) is 6.87. The summed E-state index contributed by atoms with van der Waals surface area (Å²) < 4.78 is 26.0. The van der Waals surface area contributed by atoms with Crippen molar-refractivity contribution >= 4 is 9.84 Å². The maximum atomic E-state index is 12.1. The topological polar surface area (TPSA) is 85.1 Å². The van der Waals surface area contributed by atoms with Gasteiger partial charge in [-0.05, 0) is 19.4 Å². The molecule has 1 aliphatic heterocycles. The molecule has 21 heavy (non-hydrogen) atoms. The molecule has 1 N–H and O–H groups in total. The monoisotopic (exact) mass is 307 g/mol. The van der Waals surface area contributed by atoms with E-state index in [2.05, 4.69) is 10.1 Å². The second-order valence-electron chi connectivity index (χ2n) is 5.27. The molecule has 1 aromatic heterocycles. The Kier molecular flexibility index (Phi) is 3.33. The summed E-state index contributed by atoms with van der Waals surface area (Å²) in [6.07, 6.45) is 1.88. The number of nitrogens with zero attached hydrogens (tertiary/aromatic N) is 3. The van der Waals surface area contributed by atoms with Crippen molar-refractivity contribution < 1.29 is 13.5 Å². The van der Waals surface area contributed by atoms with Crippen LogP contribution in [0.1, 0.15) is 24.7 Å². The number of aromatic nitrogens is 3. The van der Waals surface area contributed by atoms with Gasteiger partial charge in [-0.2, -0.15) is 5.10 Å². The Bertz CT molecular complexity index is 769. The van der Waals surface area contributed by atoms with Gasteiger partial charge in [-0.3, -0.25) is 4.68 Å². The Balaban J connectivity index is 2.06. The van der Waals surface area contributed by atoms with Gasteiger partial charge in [0.2, 0.25) is 0 Å². The van der Waals surface area contributed by atoms with E-state index in [1.165, 1.54) is 6.33 Å². The van der Waals surface area contributed by atoms with Crippen molar-refractivity contribution in [3.8, 4) is 0 Å². The van der Waals surface area contributed by atoms with Crippen molar-refractivity contribution in [1.82, 2.24) is 14.8 Å². The van der Waals surface area contributed by atoms with Crippen molar-refractivity contribution in [2.45, 2.75) is 36.8 Å². The first-order valence-corrected chi connectivity index (χ1v) is 8.53.